The molecule has 1 aromatic rings. The summed E-state index contributed by atoms with van der Waals surface area (Å²) >= 11 is 3.18. The van der Waals surface area contributed by atoms with Gasteiger partial charge in [0.15, 0.2) is 0 Å². The third-order valence-electron chi connectivity index (χ3n) is 1.55. The molecule has 0 saturated carbocycles. The van der Waals surface area contributed by atoms with Crippen LogP contribution >= 0.6 is 15.9 Å². The monoisotopic (exact) mass is 226 g/mol. The van der Waals surface area contributed by atoms with Crippen molar-refractivity contribution in [3.8, 4) is 12.3 Å². The first-order valence-corrected chi connectivity index (χ1v) is 4.40. The molecule has 0 nitrogen and oxygen atoms in total. The lowest BCUT2D eigenvalue weighted by atomic mass is 10.1. The fourth-order valence-corrected chi connectivity index (χ4v) is 1.26. The first-order valence-electron chi connectivity index (χ1n) is 3.61. The van der Waals surface area contributed by atoms with E-state index in [2.05, 4.69) is 21.9 Å². The van der Waals surface area contributed by atoms with Gasteiger partial charge in [0, 0.05) is 10.9 Å². The molecular formula is C10H8BrF. The van der Waals surface area contributed by atoms with E-state index in [9.17, 15) is 4.39 Å². The summed E-state index contributed by atoms with van der Waals surface area (Å²) in [6.07, 6.45) is 6.26. The van der Waals surface area contributed by atoms with E-state index >= 15 is 0 Å². The Kier molecular flexibility index (Phi) is 3.31. The second kappa shape index (κ2) is 4.27. The maximum Gasteiger partial charge on any atom is 0.127 e. The number of hydrogen-bond donors (Lipinski definition) is 0. The fraction of sp³-hybridized carbons (Fsp3) is 0.200. The predicted molar refractivity (Wildman–Crippen MR) is 51.3 cm³/mol. The van der Waals surface area contributed by atoms with Crippen molar-refractivity contribution < 1.29 is 4.39 Å². The molecule has 1 rings (SSSR count). The van der Waals surface area contributed by atoms with Crippen LogP contribution in [0.2, 0.25) is 0 Å². The Hall–Kier alpha value is -0.810. The highest BCUT2D eigenvalue weighted by molar-refractivity contribution is 9.10. The van der Waals surface area contributed by atoms with Gasteiger partial charge in [0.1, 0.15) is 5.82 Å². The van der Waals surface area contributed by atoms with Crippen LogP contribution in [0.4, 0.5) is 4.39 Å². The maximum atomic E-state index is 13.1. The molecule has 12 heavy (non-hydrogen) atoms. The highest BCUT2D eigenvalue weighted by atomic mass is 79.9. The lowest BCUT2D eigenvalue weighted by Crippen LogP contribution is -1.89. The Balaban J connectivity index is 2.81. The van der Waals surface area contributed by atoms with Gasteiger partial charge in [-0.25, -0.2) is 4.39 Å². The van der Waals surface area contributed by atoms with Gasteiger partial charge in [-0.2, -0.15) is 0 Å². The highest BCUT2D eigenvalue weighted by Gasteiger charge is 2.00. The Morgan fingerprint density at radius 1 is 1.50 bits per heavy atom. The molecule has 0 atom stereocenters. The summed E-state index contributed by atoms with van der Waals surface area (Å²) in [6.45, 7) is 0. The van der Waals surface area contributed by atoms with Crippen molar-refractivity contribution in [1.29, 1.82) is 0 Å². The minimum Gasteiger partial charge on any atom is -0.207 e. The van der Waals surface area contributed by atoms with Crippen molar-refractivity contribution in [2.24, 2.45) is 0 Å². The van der Waals surface area contributed by atoms with E-state index in [1.54, 1.807) is 6.07 Å². The van der Waals surface area contributed by atoms with Crippen LogP contribution in [0.1, 0.15) is 12.0 Å². The number of terminal acetylenes is 1. The zero-order chi connectivity index (χ0) is 8.97. The predicted octanol–water partition coefficient (Wildman–Crippen LogP) is 3.15. The summed E-state index contributed by atoms with van der Waals surface area (Å²) in [4.78, 5) is 0. The molecule has 0 heterocycles. The van der Waals surface area contributed by atoms with E-state index in [1.807, 2.05) is 6.07 Å². The van der Waals surface area contributed by atoms with E-state index in [1.165, 1.54) is 6.07 Å². The van der Waals surface area contributed by atoms with E-state index < -0.39 is 0 Å². The standard InChI is InChI=1S/C10H8BrF/c1-2-3-4-8-5-6-9(11)7-10(8)12/h1,5-7H,3-4H2. The normalized spacial score (nSPS) is 9.42. The van der Waals surface area contributed by atoms with Gasteiger partial charge in [-0.3, -0.25) is 0 Å². The van der Waals surface area contributed by atoms with Crippen LogP contribution in [-0.2, 0) is 6.42 Å². The van der Waals surface area contributed by atoms with Gasteiger partial charge in [-0.1, -0.05) is 22.0 Å². The van der Waals surface area contributed by atoms with E-state index in [0.29, 0.717) is 18.4 Å². The number of aryl methyl sites for hydroxylation is 1. The molecule has 2 heteroatoms. The molecule has 62 valence electrons. The molecule has 0 saturated heterocycles. The van der Waals surface area contributed by atoms with Gasteiger partial charge in [-0.05, 0) is 24.1 Å². The molecule has 0 aliphatic heterocycles. The van der Waals surface area contributed by atoms with E-state index in [-0.39, 0.29) is 5.82 Å². The van der Waals surface area contributed by atoms with Crippen LogP contribution in [0.25, 0.3) is 0 Å². The van der Waals surface area contributed by atoms with Gasteiger partial charge >= 0.3 is 0 Å². The molecule has 0 aliphatic carbocycles. The van der Waals surface area contributed by atoms with Gasteiger partial charge in [0.2, 0.25) is 0 Å². The van der Waals surface area contributed by atoms with Gasteiger partial charge in [0.25, 0.3) is 0 Å². The highest BCUT2D eigenvalue weighted by Crippen LogP contribution is 2.16. The third-order valence-corrected chi connectivity index (χ3v) is 2.05. The third kappa shape index (κ3) is 2.35. The van der Waals surface area contributed by atoms with E-state index in [4.69, 9.17) is 6.42 Å². The van der Waals surface area contributed by atoms with Crippen LogP contribution in [0.15, 0.2) is 22.7 Å². The quantitative estimate of drug-likeness (QED) is 0.681. The summed E-state index contributed by atoms with van der Waals surface area (Å²) in [7, 11) is 0. The summed E-state index contributed by atoms with van der Waals surface area (Å²) < 4.78 is 13.8. The van der Waals surface area contributed by atoms with Gasteiger partial charge in [0.05, 0.1) is 0 Å². The molecule has 1 aromatic carbocycles. The molecule has 0 unspecified atom stereocenters. The largest absolute Gasteiger partial charge is 0.207 e. The molecule has 0 aromatic heterocycles. The molecule has 0 amide bonds. The lowest BCUT2D eigenvalue weighted by molar-refractivity contribution is 0.609. The summed E-state index contributed by atoms with van der Waals surface area (Å²) in [5.74, 6) is 2.28. The minimum absolute atomic E-state index is 0.195. The average Bonchev–Trinajstić information content (AvgIpc) is 2.03. The topological polar surface area (TPSA) is 0 Å². The van der Waals surface area contributed by atoms with E-state index in [0.717, 1.165) is 4.47 Å². The van der Waals surface area contributed by atoms with Gasteiger partial charge in [-0.15, -0.1) is 12.3 Å². The van der Waals surface area contributed by atoms with Crippen molar-refractivity contribution in [2.75, 3.05) is 0 Å². The maximum absolute atomic E-state index is 13.1. The van der Waals surface area contributed by atoms with Crippen LogP contribution < -0.4 is 0 Å². The van der Waals surface area contributed by atoms with Crippen molar-refractivity contribution in [2.45, 2.75) is 12.8 Å². The summed E-state index contributed by atoms with van der Waals surface area (Å²) in [5.41, 5.74) is 0.677. The zero-order valence-electron chi connectivity index (χ0n) is 6.48. The number of hydrogen-bond acceptors (Lipinski definition) is 0. The Morgan fingerprint density at radius 2 is 2.25 bits per heavy atom. The molecule has 0 N–H and O–H groups in total. The molecular weight excluding hydrogens is 219 g/mol. The van der Waals surface area contributed by atoms with Gasteiger partial charge < -0.3 is 0 Å². The second-order valence-electron chi connectivity index (χ2n) is 2.44. The Morgan fingerprint density at radius 3 is 2.83 bits per heavy atom. The smallest absolute Gasteiger partial charge is 0.127 e. The van der Waals surface area contributed by atoms with Crippen LogP contribution in [0.3, 0.4) is 0 Å². The molecule has 0 aliphatic rings. The minimum atomic E-state index is -0.195. The SMILES string of the molecule is C#CCCc1ccc(Br)cc1F. The van der Waals surface area contributed by atoms with Crippen molar-refractivity contribution >= 4 is 15.9 Å². The Bertz CT molecular complexity index is 312. The molecule has 0 bridgehead atoms. The first kappa shape index (κ1) is 9.28. The first-order chi connectivity index (χ1) is 5.74. The second-order valence-corrected chi connectivity index (χ2v) is 3.36. The average molecular weight is 227 g/mol. The van der Waals surface area contributed by atoms with Crippen LogP contribution in [0, 0.1) is 18.2 Å². The summed E-state index contributed by atoms with van der Waals surface area (Å²) in [6, 6.07) is 5.01. The number of rotatable bonds is 2. The number of benzene rings is 1. The summed E-state index contributed by atoms with van der Waals surface area (Å²) in [5, 5.41) is 0. The van der Waals surface area contributed by atoms with Crippen molar-refractivity contribution in [1.82, 2.24) is 0 Å². The number of halogens is 2. The van der Waals surface area contributed by atoms with Crippen LogP contribution in [-0.4, -0.2) is 0 Å². The zero-order valence-corrected chi connectivity index (χ0v) is 8.07. The van der Waals surface area contributed by atoms with Crippen molar-refractivity contribution in [3.05, 3.63) is 34.1 Å². The molecule has 0 fully saturated rings. The molecule has 0 spiro atoms. The molecule has 0 radical (unpaired) electrons. The fourth-order valence-electron chi connectivity index (χ4n) is 0.931. The van der Waals surface area contributed by atoms with Crippen molar-refractivity contribution in [3.63, 3.8) is 0 Å². The van der Waals surface area contributed by atoms with Crippen LogP contribution in [0.5, 0.6) is 0 Å². The lowest BCUT2D eigenvalue weighted by Gasteiger charge is -1.99. The Labute approximate surface area is 79.9 Å².